The van der Waals surface area contributed by atoms with Gasteiger partial charge in [-0.3, -0.25) is 19.4 Å². The summed E-state index contributed by atoms with van der Waals surface area (Å²) in [5, 5.41) is 14.3. The number of carbonyl (C=O) groups excluding carboxylic acids is 2. The van der Waals surface area contributed by atoms with E-state index in [9.17, 15) is 32.7 Å². The van der Waals surface area contributed by atoms with E-state index in [1.807, 2.05) is 0 Å². The lowest BCUT2D eigenvalue weighted by atomic mass is 9.96. The second-order valence-electron chi connectivity index (χ2n) is 8.31. The van der Waals surface area contributed by atoms with E-state index in [4.69, 9.17) is 16.3 Å². The van der Waals surface area contributed by atoms with Gasteiger partial charge in [0.2, 0.25) is 5.91 Å². The van der Waals surface area contributed by atoms with Crippen LogP contribution in [0.1, 0.15) is 34.0 Å². The van der Waals surface area contributed by atoms with Crippen molar-refractivity contribution in [1.29, 1.82) is 0 Å². The molecule has 2 amide bonds. The van der Waals surface area contributed by atoms with Gasteiger partial charge in [-0.05, 0) is 54.4 Å². The summed E-state index contributed by atoms with van der Waals surface area (Å²) in [4.78, 5) is 40.7. The van der Waals surface area contributed by atoms with Gasteiger partial charge >= 0.3 is 12.1 Å². The molecular formula is C25H19ClF3N3O5. The predicted octanol–water partition coefficient (Wildman–Crippen LogP) is 5.10. The molecule has 1 fully saturated rings. The number of rotatable bonds is 7. The average molecular weight is 534 g/mol. The van der Waals surface area contributed by atoms with Crippen LogP contribution in [0.2, 0.25) is 5.02 Å². The highest BCUT2D eigenvalue weighted by molar-refractivity contribution is 6.31. The molecule has 2 atom stereocenters. The SMILES string of the molecule is CNC(=O)c1cc(Oc2ccc(NC(=O)C3(C(=O)O)CC3c3ccc(Cl)c(C(F)(F)F)c3)cc2)ccn1. The van der Waals surface area contributed by atoms with Crippen LogP contribution >= 0.6 is 11.6 Å². The van der Waals surface area contributed by atoms with Crippen LogP contribution in [-0.2, 0) is 15.8 Å². The van der Waals surface area contributed by atoms with E-state index >= 15 is 0 Å². The number of benzene rings is 2. The number of carboxylic acid groups (broad SMARTS) is 1. The molecule has 4 rings (SSSR count). The smallest absolute Gasteiger partial charge is 0.417 e. The van der Waals surface area contributed by atoms with Crippen molar-refractivity contribution in [3.05, 3.63) is 82.6 Å². The molecule has 2 aromatic carbocycles. The van der Waals surface area contributed by atoms with Crippen molar-refractivity contribution in [3.8, 4) is 11.5 Å². The lowest BCUT2D eigenvalue weighted by molar-refractivity contribution is -0.147. The quantitative estimate of drug-likeness (QED) is 0.364. The first-order valence-corrected chi connectivity index (χ1v) is 11.2. The predicted molar refractivity (Wildman–Crippen MR) is 127 cm³/mol. The number of carbonyl (C=O) groups is 3. The highest BCUT2D eigenvalue weighted by atomic mass is 35.5. The maximum absolute atomic E-state index is 13.2. The van der Waals surface area contributed by atoms with Crippen LogP contribution in [0.5, 0.6) is 11.5 Å². The van der Waals surface area contributed by atoms with Crippen molar-refractivity contribution in [2.45, 2.75) is 18.5 Å². The fourth-order valence-corrected chi connectivity index (χ4v) is 4.16. The molecule has 3 aromatic rings. The van der Waals surface area contributed by atoms with E-state index in [1.165, 1.54) is 49.6 Å². The largest absolute Gasteiger partial charge is 0.480 e. The molecule has 2 unspecified atom stereocenters. The number of carboxylic acids is 1. The zero-order valence-electron chi connectivity index (χ0n) is 19.1. The molecular weight excluding hydrogens is 515 g/mol. The van der Waals surface area contributed by atoms with Gasteiger partial charge in [-0.1, -0.05) is 17.7 Å². The molecule has 0 radical (unpaired) electrons. The van der Waals surface area contributed by atoms with E-state index < -0.39 is 40.0 Å². The van der Waals surface area contributed by atoms with Gasteiger partial charge in [0.25, 0.3) is 5.91 Å². The molecule has 1 aliphatic rings. The first-order valence-electron chi connectivity index (χ1n) is 10.8. The van der Waals surface area contributed by atoms with E-state index in [-0.39, 0.29) is 29.3 Å². The third-order valence-corrected chi connectivity index (χ3v) is 6.31. The molecule has 1 saturated carbocycles. The van der Waals surface area contributed by atoms with E-state index in [2.05, 4.69) is 15.6 Å². The Morgan fingerprint density at radius 3 is 2.41 bits per heavy atom. The number of pyridine rings is 1. The highest BCUT2D eigenvalue weighted by Gasteiger charge is 2.66. The molecule has 1 aromatic heterocycles. The number of aliphatic carboxylic acids is 1. The molecule has 0 spiro atoms. The van der Waals surface area contributed by atoms with Gasteiger partial charge in [0.05, 0.1) is 10.6 Å². The molecule has 3 N–H and O–H groups in total. The Balaban J connectivity index is 1.48. The Morgan fingerprint density at radius 1 is 1.08 bits per heavy atom. The summed E-state index contributed by atoms with van der Waals surface area (Å²) in [6.07, 6.45) is -3.48. The summed E-state index contributed by atoms with van der Waals surface area (Å²) >= 11 is 5.65. The fourth-order valence-electron chi connectivity index (χ4n) is 3.94. The van der Waals surface area contributed by atoms with E-state index in [1.54, 1.807) is 6.07 Å². The maximum atomic E-state index is 13.2. The van der Waals surface area contributed by atoms with Gasteiger partial charge in [-0.2, -0.15) is 13.2 Å². The van der Waals surface area contributed by atoms with Crippen molar-refractivity contribution >= 4 is 35.1 Å². The molecule has 12 heteroatoms. The Bertz CT molecular complexity index is 1380. The zero-order valence-corrected chi connectivity index (χ0v) is 19.9. The van der Waals surface area contributed by atoms with Crippen LogP contribution in [0.15, 0.2) is 60.8 Å². The Hall–Kier alpha value is -4.12. The third kappa shape index (κ3) is 5.21. The zero-order chi connectivity index (χ0) is 27.0. The number of amides is 2. The van der Waals surface area contributed by atoms with Gasteiger partial charge in [-0.15, -0.1) is 0 Å². The van der Waals surface area contributed by atoms with Crippen molar-refractivity contribution in [1.82, 2.24) is 10.3 Å². The van der Waals surface area contributed by atoms with Gasteiger partial charge in [-0.25, -0.2) is 0 Å². The molecule has 0 aliphatic heterocycles. The molecule has 8 nitrogen and oxygen atoms in total. The number of hydrogen-bond acceptors (Lipinski definition) is 5. The normalized spacial score (nSPS) is 18.6. The first-order chi connectivity index (χ1) is 17.5. The number of halogens is 4. The molecule has 0 saturated heterocycles. The molecule has 1 aliphatic carbocycles. The summed E-state index contributed by atoms with van der Waals surface area (Å²) in [5.41, 5.74) is -2.53. The van der Waals surface area contributed by atoms with E-state index in [0.29, 0.717) is 11.5 Å². The van der Waals surface area contributed by atoms with Crippen LogP contribution in [0, 0.1) is 5.41 Å². The number of ether oxygens (including phenoxy) is 1. The number of anilines is 1. The number of hydrogen-bond donors (Lipinski definition) is 3. The topological polar surface area (TPSA) is 118 Å². The lowest BCUT2D eigenvalue weighted by Gasteiger charge is -2.15. The molecule has 37 heavy (non-hydrogen) atoms. The highest BCUT2D eigenvalue weighted by Crippen LogP contribution is 2.60. The van der Waals surface area contributed by atoms with Gasteiger partial charge in [0.1, 0.15) is 17.2 Å². The molecule has 0 bridgehead atoms. The van der Waals surface area contributed by atoms with Crippen molar-refractivity contribution in [3.63, 3.8) is 0 Å². The lowest BCUT2D eigenvalue weighted by Crippen LogP contribution is -2.33. The minimum atomic E-state index is -4.72. The third-order valence-electron chi connectivity index (χ3n) is 5.98. The summed E-state index contributed by atoms with van der Waals surface area (Å²) in [6, 6.07) is 12.1. The second-order valence-corrected chi connectivity index (χ2v) is 8.71. The van der Waals surface area contributed by atoms with Crippen LogP contribution < -0.4 is 15.4 Å². The fraction of sp³-hybridized carbons (Fsp3) is 0.200. The van der Waals surface area contributed by atoms with Gasteiger partial charge in [0.15, 0.2) is 5.41 Å². The number of nitrogens with zero attached hydrogens (tertiary/aromatic N) is 1. The Kier molecular flexibility index (Phi) is 6.83. The average Bonchev–Trinajstić information content (AvgIpc) is 3.62. The standard InChI is InChI=1S/C25H19ClF3N3O5/c1-30-21(33)20-11-16(8-9-31-20)37-15-5-3-14(4-6-15)32-22(34)24(23(35)36)12-18(24)13-2-7-19(26)17(10-13)25(27,28)29/h2-11,18H,12H2,1H3,(H,30,33)(H,32,34)(H,35,36). The summed E-state index contributed by atoms with van der Waals surface area (Å²) in [6.45, 7) is 0. The number of aromatic nitrogens is 1. The number of nitrogens with one attached hydrogen (secondary N) is 2. The first kappa shape index (κ1) is 26.0. The second kappa shape index (κ2) is 9.74. The number of alkyl halides is 3. The van der Waals surface area contributed by atoms with Crippen molar-refractivity contribution < 1.29 is 37.4 Å². The van der Waals surface area contributed by atoms with Crippen molar-refractivity contribution in [2.24, 2.45) is 5.41 Å². The van der Waals surface area contributed by atoms with Gasteiger partial charge < -0.3 is 20.5 Å². The maximum Gasteiger partial charge on any atom is 0.417 e. The monoisotopic (exact) mass is 533 g/mol. The van der Waals surface area contributed by atoms with Crippen molar-refractivity contribution in [2.75, 3.05) is 12.4 Å². The Morgan fingerprint density at radius 2 is 1.78 bits per heavy atom. The van der Waals surface area contributed by atoms with Gasteiger partial charge in [0, 0.05) is 30.9 Å². The molecule has 1 heterocycles. The van der Waals surface area contributed by atoms with E-state index in [0.717, 1.165) is 12.1 Å². The van der Waals surface area contributed by atoms with Crippen LogP contribution in [0.25, 0.3) is 0 Å². The Labute approximate surface area is 213 Å². The van der Waals surface area contributed by atoms with Crippen LogP contribution in [-0.4, -0.2) is 34.9 Å². The van der Waals surface area contributed by atoms with Crippen LogP contribution in [0.3, 0.4) is 0 Å². The summed E-state index contributed by atoms with van der Waals surface area (Å²) < 4.78 is 45.4. The van der Waals surface area contributed by atoms with Crippen LogP contribution in [0.4, 0.5) is 18.9 Å². The minimum absolute atomic E-state index is 0.0616. The summed E-state index contributed by atoms with van der Waals surface area (Å²) in [5.74, 6) is -2.92. The minimum Gasteiger partial charge on any atom is -0.480 e. The summed E-state index contributed by atoms with van der Waals surface area (Å²) in [7, 11) is 1.47. The molecule has 192 valence electrons.